The van der Waals surface area contributed by atoms with Crippen molar-refractivity contribution < 1.29 is 14.6 Å². The van der Waals surface area contributed by atoms with Crippen molar-refractivity contribution in [2.24, 2.45) is 11.3 Å². The Labute approximate surface area is 103 Å². The number of esters is 1. The standard InChI is InChI=1S/C13H23NO3/c1-4-17-11(15)12(2,3)13(16)9-14-7-5-10(13)6-8-14/h10,16H,4-9H2,1-3H3. The van der Waals surface area contributed by atoms with E-state index in [0.717, 1.165) is 25.9 Å². The highest BCUT2D eigenvalue weighted by Gasteiger charge is 2.58. The quantitative estimate of drug-likeness (QED) is 0.750. The molecule has 2 bridgehead atoms. The summed E-state index contributed by atoms with van der Waals surface area (Å²) in [6.45, 7) is 8.49. The minimum Gasteiger partial charge on any atom is -0.465 e. The normalized spacial score (nSPS) is 36.9. The predicted molar refractivity (Wildman–Crippen MR) is 64.5 cm³/mol. The van der Waals surface area contributed by atoms with Crippen LogP contribution in [-0.2, 0) is 9.53 Å². The van der Waals surface area contributed by atoms with E-state index in [1.54, 1.807) is 6.92 Å². The van der Waals surface area contributed by atoms with Crippen molar-refractivity contribution in [2.75, 3.05) is 26.2 Å². The maximum absolute atomic E-state index is 12.0. The Kier molecular flexibility index (Phi) is 3.21. The number of aliphatic hydroxyl groups is 1. The van der Waals surface area contributed by atoms with Gasteiger partial charge in [0.15, 0.2) is 0 Å². The summed E-state index contributed by atoms with van der Waals surface area (Å²) in [5.74, 6) is -0.0526. The molecule has 0 amide bonds. The fourth-order valence-corrected chi connectivity index (χ4v) is 3.23. The van der Waals surface area contributed by atoms with Gasteiger partial charge in [-0.05, 0) is 52.6 Å². The third-order valence-electron chi connectivity index (χ3n) is 4.60. The molecule has 3 rings (SSSR count). The Morgan fingerprint density at radius 3 is 2.47 bits per heavy atom. The van der Waals surface area contributed by atoms with Gasteiger partial charge in [-0.2, -0.15) is 0 Å². The summed E-state index contributed by atoms with van der Waals surface area (Å²) < 4.78 is 5.12. The van der Waals surface area contributed by atoms with Crippen LogP contribution in [0.25, 0.3) is 0 Å². The van der Waals surface area contributed by atoms with Gasteiger partial charge in [0.25, 0.3) is 0 Å². The van der Waals surface area contributed by atoms with Gasteiger partial charge >= 0.3 is 5.97 Å². The Balaban J connectivity index is 2.22. The van der Waals surface area contributed by atoms with E-state index < -0.39 is 11.0 Å². The minimum atomic E-state index is -0.935. The molecule has 0 radical (unpaired) electrons. The molecule has 0 aromatic rings. The zero-order chi connectivity index (χ0) is 12.7. The molecule has 0 aromatic heterocycles. The van der Waals surface area contributed by atoms with Crippen LogP contribution in [0, 0.1) is 11.3 Å². The van der Waals surface area contributed by atoms with Crippen LogP contribution in [0.15, 0.2) is 0 Å². The van der Waals surface area contributed by atoms with Crippen molar-refractivity contribution in [1.29, 1.82) is 0 Å². The average Bonchev–Trinajstić information content (AvgIpc) is 2.30. The molecule has 1 N–H and O–H groups in total. The highest BCUT2D eigenvalue weighted by atomic mass is 16.5. The lowest BCUT2D eigenvalue weighted by Crippen LogP contribution is -2.67. The molecule has 1 unspecified atom stereocenters. The molecule has 0 spiro atoms. The van der Waals surface area contributed by atoms with Crippen LogP contribution in [0.2, 0.25) is 0 Å². The molecular weight excluding hydrogens is 218 g/mol. The molecule has 3 saturated heterocycles. The molecule has 3 aliphatic rings. The van der Waals surface area contributed by atoms with Gasteiger partial charge < -0.3 is 14.7 Å². The fourth-order valence-electron chi connectivity index (χ4n) is 3.23. The molecule has 0 saturated carbocycles. The molecule has 98 valence electrons. The van der Waals surface area contributed by atoms with Crippen LogP contribution in [0.5, 0.6) is 0 Å². The van der Waals surface area contributed by atoms with Gasteiger partial charge in [-0.15, -0.1) is 0 Å². The van der Waals surface area contributed by atoms with E-state index in [0.29, 0.717) is 13.2 Å². The number of rotatable bonds is 3. The van der Waals surface area contributed by atoms with E-state index in [4.69, 9.17) is 4.74 Å². The van der Waals surface area contributed by atoms with E-state index in [1.165, 1.54) is 0 Å². The zero-order valence-corrected chi connectivity index (χ0v) is 11.0. The fraction of sp³-hybridized carbons (Fsp3) is 0.923. The SMILES string of the molecule is CCOC(=O)C(C)(C)C1(O)CN2CCC1CC2. The largest absolute Gasteiger partial charge is 0.465 e. The number of carbonyl (C=O) groups excluding carboxylic acids is 1. The van der Waals surface area contributed by atoms with Crippen LogP contribution in [0.4, 0.5) is 0 Å². The van der Waals surface area contributed by atoms with Gasteiger partial charge in [0.05, 0.1) is 17.6 Å². The topological polar surface area (TPSA) is 49.8 Å². The summed E-state index contributed by atoms with van der Waals surface area (Å²) >= 11 is 0. The second-order valence-corrected chi connectivity index (χ2v) is 5.82. The second kappa shape index (κ2) is 4.25. The van der Waals surface area contributed by atoms with Gasteiger partial charge in [-0.25, -0.2) is 0 Å². The third-order valence-corrected chi connectivity index (χ3v) is 4.60. The van der Waals surface area contributed by atoms with E-state index in [-0.39, 0.29) is 11.9 Å². The van der Waals surface area contributed by atoms with Crippen molar-refractivity contribution in [1.82, 2.24) is 4.90 Å². The van der Waals surface area contributed by atoms with Gasteiger partial charge in [-0.1, -0.05) is 0 Å². The van der Waals surface area contributed by atoms with Crippen LogP contribution in [0.3, 0.4) is 0 Å². The smallest absolute Gasteiger partial charge is 0.314 e. The van der Waals surface area contributed by atoms with Crippen LogP contribution in [0.1, 0.15) is 33.6 Å². The molecule has 4 nitrogen and oxygen atoms in total. The molecule has 1 atom stereocenters. The summed E-state index contributed by atoms with van der Waals surface area (Å²) in [4.78, 5) is 14.3. The number of nitrogens with zero attached hydrogens (tertiary/aromatic N) is 1. The highest BCUT2D eigenvalue weighted by molar-refractivity contribution is 5.77. The number of ether oxygens (including phenoxy) is 1. The molecule has 3 heterocycles. The first-order chi connectivity index (χ1) is 7.91. The number of carbonyl (C=O) groups is 1. The van der Waals surface area contributed by atoms with Crippen LogP contribution >= 0.6 is 0 Å². The van der Waals surface area contributed by atoms with Crippen molar-refractivity contribution in [3.05, 3.63) is 0 Å². The maximum Gasteiger partial charge on any atom is 0.314 e. The van der Waals surface area contributed by atoms with Crippen molar-refractivity contribution in [3.63, 3.8) is 0 Å². The number of hydrogen-bond acceptors (Lipinski definition) is 4. The van der Waals surface area contributed by atoms with Crippen molar-refractivity contribution in [2.45, 2.75) is 39.2 Å². The molecule has 17 heavy (non-hydrogen) atoms. The van der Waals surface area contributed by atoms with E-state index in [9.17, 15) is 9.90 Å². The third kappa shape index (κ3) is 1.87. The predicted octanol–water partition coefficient (Wildman–Crippen LogP) is 1.03. The van der Waals surface area contributed by atoms with E-state index in [1.807, 2.05) is 13.8 Å². The lowest BCUT2D eigenvalue weighted by atomic mass is 9.62. The molecule has 0 aliphatic carbocycles. The monoisotopic (exact) mass is 241 g/mol. The number of hydrogen-bond donors (Lipinski definition) is 1. The first-order valence-corrected chi connectivity index (χ1v) is 6.54. The van der Waals surface area contributed by atoms with Gasteiger partial charge in [0, 0.05) is 6.54 Å². The van der Waals surface area contributed by atoms with Crippen LogP contribution < -0.4 is 0 Å². The minimum absolute atomic E-state index is 0.229. The Hall–Kier alpha value is -0.610. The van der Waals surface area contributed by atoms with Gasteiger partial charge in [0.2, 0.25) is 0 Å². The number of piperidine rings is 3. The Morgan fingerprint density at radius 2 is 2.06 bits per heavy atom. The first-order valence-electron chi connectivity index (χ1n) is 6.54. The van der Waals surface area contributed by atoms with Gasteiger partial charge in [-0.3, -0.25) is 4.79 Å². The summed E-state index contributed by atoms with van der Waals surface area (Å²) in [5, 5.41) is 10.9. The first kappa shape index (κ1) is 12.8. The number of fused-ring (bicyclic) bond motifs is 3. The molecular formula is C13H23NO3. The van der Waals surface area contributed by atoms with E-state index in [2.05, 4.69) is 4.90 Å². The summed E-state index contributed by atoms with van der Waals surface area (Å²) in [7, 11) is 0. The maximum atomic E-state index is 12.0. The summed E-state index contributed by atoms with van der Waals surface area (Å²) in [6.07, 6.45) is 1.97. The lowest BCUT2D eigenvalue weighted by Gasteiger charge is -2.55. The molecule has 3 aliphatic heterocycles. The van der Waals surface area contributed by atoms with E-state index >= 15 is 0 Å². The van der Waals surface area contributed by atoms with Crippen molar-refractivity contribution in [3.8, 4) is 0 Å². The molecule has 3 fully saturated rings. The lowest BCUT2D eigenvalue weighted by molar-refractivity contribution is -0.201. The Morgan fingerprint density at radius 1 is 1.47 bits per heavy atom. The van der Waals surface area contributed by atoms with Crippen LogP contribution in [-0.4, -0.2) is 47.8 Å². The Bertz CT molecular complexity index is 308. The zero-order valence-electron chi connectivity index (χ0n) is 11.0. The summed E-state index contributed by atoms with van der Waals surface area (Å²) in [6, 6.07) is 0. The van der Waals surface area contributed by atoms with Gasteiger partial charge in [0.1, 0.15) is 0 Å². The summed E-state index contributed by atoms with van der Waals surface area (Å²) in [5.41, 5.74) is -1.76. The highest BCUT2D eigenvalue weighted by Crippen LogP contribution is 2.46. The van der Waals surface area contributed by atoms with Crippen molar-refractivity contribution >= 4 is 5.97 Å². The average molecular weight is 241 g/mol. The molecule has 0 aromatic carbocycles. The second-order valence-electron chi connectivity index (χ2n) is 5.82. The molecule has 4 heteroatoms.